The van der Waals surface area contributed by atoms with Gasteiger partial charge in [0.25, 0.3) is 0 Å². The van der Waals surface area contributed by atoms with E-state index in [0.29, 0.717) is 13.1 Å². The average Bonchev–Trinajstić information content (AvgIpc) is 2.25. The molecule has 0 aromatic carbocycles. The fourth-order valence-corrected chi connectivity index (χ4v) is 1.88. The van der Waals surface area contributed by atoms with Gasteiger partial charge < -0.3 is 15.0 Å². The Morgan fingerprint density at radius 3 is 2.35 bits per heavy atom. The maximum Gasteiger partial charge on any atom is 0.312 e. The van der Waals surface area contributed by atoms with E-state index in [9.17, 15) is 9.59 Å². The van der Waals surface area contributed by atoms with Gasteiger partial charge in [-0.15, -0.1) is 0 Å². The van der Waals surface area contributed by atoms with E-state index in [2.05, 4.69) is 5.32 Å². The Hall–Kier alpha value is -1.10. The third-order valence-electron chi connectivity index (χ3n) is 2.68. The van der Waals surface area contributed by atoms with Crippen molar-refractivity contribution in [2.45, 2.75) is 20.8 Å². The minimum absolute atomic E-state index is 0.00715. The minimum Gasteiger partial charge on any atom is -0.469 e. The summed E-state index contributed by atoms with van der Waals surface area (Å²) in [5, 5.41) is 2.61. The molecule has 0 aromatic rings. The summed E-state index contributed by atoms with van der Waals surface area (Å²) < 4.78 is 4.74. The quantitative estimate of drug-likeness (QED) is 0.691. The first-order valence-electron chi connectivity index (χ1n) is 5.73. The van der Waals surface area contributed by atoms with E-state index in [1.165, 1.54) is 7.11 Å². The highest BCUT2D eigenvalue weighted by molar-refractivity contribution is 5.78. The van der Waals surface area contributed by atoms with Crippen LogP contribution in [0.4, 0.5) is 0 Å². The van der Waals surface area contributed by atoms with Gasteiger partial charge in [-0.05, 0) is 20.9 Å². The number of rotatable bonds is 6. The molecule has 0 saturated heterocycles. The first kappa shape index (κ1) is 15.9. The van der Waals surface area contributed by atoms with Crippen molar-refractivity contribution in [3.8, 4) is 0 Å². The number of carbonyl (C=O) groups is 2. The Morgan fingerprint density at radius 1 is 1.41 bits per heavy atom. The lowest BCUT2D eigenvalue weighted by molar-refractivity contribution is -0.151. The van der Waals surface area contributed by atoms with E-state index >= 15 is 0 Å². The summed E-state index contributed by atoms with van der Waals surface area (Å²) in [5.41, 5.74) is -0.564. The van der Waals surface area contributed by atoms with Gasteiger partial charge in [-0.25, -0.2) is 0 Å². The SMILES string of the molecule is CNC(=O)C(C)CN(C)CC(C)(C)C(=O)OC. The van der Waals surface area contributed by atoms with Gasteiger partial charge in [0.2, 0.25) is 5.91 Å². The van der Waals surface area contributed by atoms with Crippen molar-refractivity contribution in [2.24, 2.45) is 11.3 Å². The smallest absolute Gasteiger partial charge is 0.312 e. The fraction of sp³-hybridized carbons (Fsp3) is 0.833. The van der Waals surface area contributed by atoms with Gasteiger partial charge in [-0.3, -0.25) is 9.59 Å². The van der Waals surface area contributed by atoms with Crippen LogP contribution in [0.3, 0.4) is 0 Å². The molecule has 1 unspecified atom stereocenters. The highest BCUT2D eigenvalue weighted by Crippen LogP contribution is 2.18. The van der Waals surface area contributed by atoms with Crippen LogP contribution < -0.4 is 5.32 Å². The molecule has 0 aliphatic carbocycles. The first-order chi connectivity index (χ1) is 7.74. The molecule has 0 bridgehead atoms. The van der Waals surface area contributed by atoms with Crippen molar-refractivity contribution in [1.82, 2.24) is 10.2 Å². The molecular weight excluding hydrogens is 220 g/mol. The molecular formula is C12H24N2O3. The Labute approximate surface area is 103 Å². The second kappa shape index (κ2) is 6.59. The molecule has 0 rings (SSSR count). The summed E-state index contributed by atoms with van der Waals surface area (Å²) in [5.74, 6) is -0.330. The molecule has 0 fully saturated rings. The highest BCUT2D eigenvalue weighted by Gasteiger charge is 2.30. The zero-order chi connectivity index (χ0) is 13.6. The first-order valence-corrected chi connectivity index (χ1v) is 5.73. The molecule has 0 heterocycles. The molecule has 0 aliphatic rings. The van der Waals surface area contributed by atoms with Crippen LogP contribution in [0.25, 0.3) is 0 Å². The molecule has 100 valence electrons. The van der Waals surface area contributed by atoms with E-state index in [1.54, 1.807) is 7.05 Å². The summed E-state index contributed by atoms with van der Waals surface area (Å²) in [6.07, 6.45) is 0. The molecule has 5 heteroatoms. The molecule has 0 aliphatic heterocycles. The van der Waals surface area contributed by atoms with Gasteiger partial charge in [0, 0.05) is 26.1 Å². The number of hydrogen-bond acceptors (Lipinski definition) is 4. The number of esters is 1. The predicted molar refractivity (Wildman–Crippen MR) is 66.5 cm³/mol. The molecule has 5 nitrogen and oxygen atoms in total. The standard InChI is InChI=1S/C12H24N2O3/c1-9(10(15)13-4)7-14(5)8-12(2,3)11(16)17-6/h9H,7-8H2,1-6H3,(H,13,15). The second-order valence-electron chi connectivity index (χ2n) is 5.09. The number of carbonyl (C=O) groups excluding carboxylic acids is 2. The zero-order valence-electron chi connectivity index (χ0n) is 11.7. The Balaban J connectivity index is 4.31. The van der Waals surface area contributed by atoms with Crippen LogP contribution in [-0.4, -0.2) is 51.1 Å². The van der Waals surface area contributed by atoms with Crippen LogP contribution in [0, 0.1) is 11.3 Å². The van der Waals surface area contributed by atoms with Crippen LogP contribution in [0.2, 0.25) is 0 Å². The third-order valence-corrected chi connectivity index (χ3v) is 2.68. The lowest BCUT2D eigenvalue weighted by atomic mass is 9.93. The van der Waals surface area contributed by atoms with Crippen molar-refractivity contribution in [3.63, 3.8) is 0 Å². The van der Waals surface area contributed by atoms with E-state index in [1.807, 2.05) is 32.7 Å². The van der Waals surface area contributed by atoms with Crippen LogP contribution >= 0.6 is 0 Å². The summed E-state index contributed by atoms with van der Waals surface area (Å²) >= 11 is 0. The van der Waals surface area contributed by atoms with Gasteiger partial charge in [0.15, 0.2) is 0 Å². The third kappa shape index (κ3) is 5.17. The summed E-state index contributed by atoms with van der Waals surface area (Å²) in [4.78, 5) is 24.9. The lowest BCUT2D eigenvalue weighted by Crippen LogP contribution is -2.41. The number of amides is 1. The largest absolute Gasteiger partial charge is 0.469 e. The van der Waals surface area contributed by atoms with Gasteiger partial charge in [0.1, 0.15) is 0 Å². The van der Waals surface area contributed by atoms with Crippen molar-refractivity contribution < 1.29 is 14.3 Å². The van der Waals surface area contributed by atoms with E-state index < -0.39 is 5.41 Å². The molecule has 0 saturated carbocycles. The van der Waals surface area contributed by atoms with Crippen LogP contribution in [0.1, 0.15) is 20.8 Å². The molecule has 1 N–H and O–H groups in total. The van der Waals surface area contributed by atoms with Crippen LogP contribution in [-0.2, 0) is 14.3 Å². The zero-order valence-corrected chi connectivity index (χ0v) is 11.7. The molecule has 17 heavy (non-hydrogen) atoms. The molecule has 1 amide bonds. The van der Waals surface area contributed by atoms with Crippen molar-refractivity contribution in [3.05, 3.63) is 0 Å². The van der Waals surface area contributed by atoms with Gasteiger partial charge in [0.05, 0.1) is 12.5 Å². The fourth-order valence-electron chi connectivity index (χ4n) is 1.88. The van der Waals surface area contributed by atoms with Crippen molar-refractivity contribution in [1.29, 1.82) is 0 Å². The second-order valence-corrected chi connectivity index (χ2v) is 5.09. The van der Waals surface area contributed by atoms with Gasteiger partial charge in [-0.2, -0.15) is 0 Å². The number of ether oxygens (including phenoxy) is 1. The van der Waals surface area contributed by atoms with E-state index in [0.717, 1.165) is 0 Å². The van der Waals surface area contributed by atoms with Crippen molar-refractivity contribution >= 4 is 11.9 Å². The maximum atomic E-state index is 11.5. The Bertz CT molecular complexity index is 277. The lowest BCUT2D eigenvalue weighted by Gasteiger charge is -2.29. The molecule has 1 atom stereocenters. The summed E-state index contributed by atoms with van der Waals surface area (Å²) in [7, 11) is 4.90. The Kier molecular flexibility index (Phi) is 6.16. The molecule has 0 spiro atoms. The van der Waals surface area contributed by atoms with Crippen LogP contribution in [0.15, 0.2) is 0 Å². The van der Waals surface area contributed by atoms with Gasteiger partial charge in [-0.1, -0.05) is 6.92 Å². The number of methoxy groups -OCH3 is 1. The monoisotopic (exact) mass is 244 g/mol. The highest BCUT2D eigenvalue weighted by atomic mass is 16.5. The topological polar surface area (TPSA) is 58.6 Å². The van der Waals surface area contributed by atoms with E-state index in [-0.39, 0.29) is 17.8 Å². The minimum atomic E-state index is -0.564. The number of nitrogens with one attached hydrogen (secondary N) is 1. The summed E-state index contributed by atoms with van der Waals surface area (Å²) in [6, 6.07) is 0. The maximum absolute atomic E-state index is 11.5. The molecule has 0 aromatic heterocycles. The van der Waals surface area contributed by atoms with Crippen molar-refractivity contribution in [2.75, 3.05) is 34.3 Å². The normalized spacial score (nSPS) is 13.4. The van der Waals surface area contributed by atoms with E-state index in [4.69, 9.17) is 4.74 Å². The number of hydrogen-bond donors (Lipinski definition) is 1. The predicted octanol–water partition coefficient (Wildman–Crippen LogP) is 0.500. The Morgan fingerprint density at radius 2 is 1.94 bits per heavy atom. The van der Waals surface area contributed by atoms with Gasteiger partial charge >= 0.3 is 5.97 Å². The average molecular weight is 244 g/mol. The molecule has 0 radical (unpaired) electrons. The summed E-state index contributed by atoms with van der Waals surface area (Å²) in [6.45, 7) is 6.70. The number of nitrogens with zero attached hydrogens (tertiary/aromatic N) is 1. The van der Waals surface area contributed by atoms with Crippen LogP contribution in [0.5, 0.6) is 0 Å².